The summed E-state index contributed by atoms with van der Waals surface area (Å²) < 4.78 is 16.1. The van der Waals surface area contributed by atoms with Gasteiger partial charge in [0, 0.05) is 28.2 Å². The Labute approximate surface area is 219 Å². The number of hydrogen-bond donors (Lipinski definition) is 4. The van der Waals surface area contributed by atoms with Crippen LogP contribution in [0.5, 0.6) is 0 Å². The summed E-state index contributed by atoms with van der Waals surface area (Å²) in [5, 5.41) is 33.0. The molecule has 0 saturated carbocycles. The number of aromatic amines is 1. The Hall–Kier alpha value is -3.44. The molecule has 0 radical (unpaired) electrons. The Bertz CT molecular complexity index is 1340. The van der Waals surface area contributed by atoms with Crippen LogP contribution in [0.25, 0.3) is 10.9 Å². The van der Waals surface area contributed by atoms with Crippen LogP contribution in [-0.4, -0.2) is 77.1 Å². The first-order valence-electron chi connectivity index (χ1n) is 12.6. The average molecular weight is 525 g/mol. The summed E-state index contributed by atoms with van der Waals surface area (Å²) in [6.07, 6.45) is -6.02. The van der Waals surface area contributed by atoms with E-state index in [1.54, 1.807) is 6.92 Å². The molecule has 202 valence electrons. The predicted octanol–water partition coefficient (Wildman–Crippen LogP) is 1.92. The fourth-order valence-electron chi connectivity index (χ4n) is 5.81. The molecule has 10 nitrogen and oxygen atoms in total. The Morgan fingerprint density at radius 3 is 2.37 bits per heavy atom. The highest BCUT2D eigenvalue weighted by Gasteiger charge is 2.52. The maximum absolute atomic E-state index is 12.7. The molecule has 4 N–H and O–H groups in total. The van der Waals surface area contributed by atoms with Gasteiger partial charge < -0.3 is 39.4 Å². The lowest BCUT2D eigenvalue weighted by molar-refractivity contribution is -0.218. The Balaban J connectivity index is 1.73. The highest BCUT2D eigenvalue weighted by molar-refractivity contribution is 5.89. The van der Waals surface area contributed by atoms with Crippen LogP contribution in [-0.2, 0) is 30.2 Å². The van der Waals surface area contributed by atoms with E-state index in [-0.39, 0.29) is 12.8 Å². The fourth-order valence-corrected chi connectivity index (χ4v) is 5.81. The van der Waals surface area contributed by atoms with E-state index in [0.29, 0.717) is 16.9 Å². The maximum atomic E-state index is 12.7. The van der Waals surface area contributed by atoms with Crippen molar-refractivity contribution in [1.29, 1.82) is 0 Å². The zero-order valence-corrected chi connectivity index (χ0v) is 21.4. The van der Waals surface area contributed by atoms with Crippen molar-refractivity contribution in [2.75, 3.05) is 19.1 Å². The van der Waals surface area contributed by atoms with Crippen molar-refractivity contribution < 1.29 is 39.1 Å². The first-order chi connectivity index (χ1) is 18.3. The minimum atomic E-state index is -1.46. The molecular formula is C28H32N2O8. The van der Waals surface area contributed by atoms with Crippen molar-refractivity contribution in [2.45, 2.75) is 62.4 Å². The molecule has 0 spiro atoms. The summed E-state index contributed by atoms with van der Waals surface area (Å²) in [6, 6.07) is 14.4. The monoisotopic (exact) mass is 524 g/mol. The zero-order chi connectivity index (χ0) is 27.1. The van der Waals surface area contributed by atoms with Crippen LogP contribution in [0.4, 0.5) is 5.69 Å². The summed E-state index contributed by atoms with van der Waals surface area (Å²) >= 11 is 0. The molecule has 1 saturated heterocycles. The van der Waals surface area contributed by atoms with E-state index in [1.807, 2.05) is 53.4 Å². The van der Waals surface area contributed by atoms with Crippen LogP contribution in [0, 0.1) is 0 Å². The largest absolute Gasteiger partial charge is 0.469 e. The normalized spacial score (nSPS) is 28.8. The number of anilines is 1. The second kappa shape index (κ2) is 10.4. The second-order valence-electron chi connectivity index (χ2n) is 9.82. The Morgan fingerprint density at radius 1 is 0.947 bits per heavy atom. The number of nitrogens with one attached hydrogen (secondary N) is 1. The average Bonchev–Trinajstić information content (AvgIpc) is 3.44. The summed E-state index contributed by atoms with van der Waals surface area (Å²) in [6.45, 7) is 1.63. The number of fused-ring (bicyclic) bond motifs is 2. The van der Waals surface area contributed by atoms with E-state index in [2.05, 4.69) is 4.98 Å². The Morgan fingerprint density at radius 2 is 1.63 bits per heavy atom. The first-order valence-corrected chi connectivity index (χ1v) is 12.6. The molecule has 0 bridgehead atoms. The van der Waals surface area contributed by atoms with Gasteiger partial charge in [-0.2, -0.15) is 0 Å². The lowest BCUT2D eigenvalue weighted by Gasteiger charge is -2.46. The van der Waals surface area contributed by atoms with Crippen LogP contribution in [0.15, 0.2) is 48.5 Å². The molecule has 2 aliphatic heterocycles. The van der Waals surface area contributed by atoms with Gasteiger partial charge in [-0.15, -0.1) is 0 Å². The van der Waals surface area contributed by atoms with Gasteiger partial charge in [-0.3, -0.25) is 9.59 Å². The van der Waals surface area contributed by atoms with Gasteiger partial charge in [0.05, 0.1) is 39.2 Å². The molecule has 3 aromatic rings. The van der Waals surface area contributed by atoms with Gasteiger partial charge >= 0.3 is 11.9 Å². The zero-order valence-electron chi connectivity index (χ0n) is 21.4. The van der Waals surface area contributed by atoms with Crippen molar-refractivity contribution in [3.63, 3.8) is 0 Å². The van der Waals surface area contributed by atoms with Gasteiger partial charge in [-0.1, -0.05) is 36.4 Å². The number of methoxy groups -OCH3 is 2. The number of carbonyl (C=O) groups is 2. The van der Waals surface area contributed by atoms with Crippen LogP contribution in [0.2, 0.25) is 0 Å². The number of aromatic nitrogens is 1. The number of H-pyrrole nitrogens is 1. The predicted molar refractivity (Wildman–Crippen MR) is 137 cm³/mol. The number of rotatable bonds is 6. The fraction of sp³-hybridized carbons (Fsp3) is 0.429. The third-order valence-corrected chi connectivity index (χ3v) is 7.70. The highest BCUT2D eigenvalue weighted by Crippen LogP contribution is 2.53. The molecule has 0 amide bonds. The number of carbonyl (C=O) groups excluding carboxylic acids is 2. The van der Waals surface area contributed by atoms with E-state index in [0.717, 1.165) is 16.5 Å². The van der Waals surface area contributed by atoms with Crippen molar-refractivity contribution in [1.82, 2.24) is 4.98 Å². The minimum absolute atomic E-state index is 0.0191. The van der Waals surface area contributed by atoms with Gasteiger partial charge in [0.25, 0.3) is 0 Å². The summed E-state index contributed by atoms with van der Waals surface area (Å²) in [7, 11) is 2.66. The van der Waals surface area contributed by atoms with E-state index in [4.69, 9.17) is 14.2 Å². The molecule has 3 heterocycles. The van der Waals surface area contributed by atoms with Crippen LogP contribution in [0.1, 0.15) is 42.1 Å². The van der Waals surface area contributed by atoms with Gasteiger partial charge in [0.2, 0.25) is 0 Å². The number of benzene rings is 2. The molecule has 7 atom stereocenters. The maximum Gasteiger partial charge on any atom is 0.310 e. The number of aliphatic hydroxyl groups excluding tert-OH is 3. The van der Waals surface area contributed by atoms with Gasteiger partial charge in [-0.05, 0) is 30.2 Å². The number of esters is 2. The third kappa shape index (κ3) is 4.33. The Kier molecular flexibility index (Phi) is 7.15. The van der Waals surface area contributed by atoms with Crippen LogP contribution in [0.3, 0.4) is 0 Å². The van der Waals surface area contributed by atoms with E-state index >= 15 is 0 Å². The molecule has 2 aliphatic rings. The van der Waals surface area contributed by atoms with E-state index in [1.165, 1.54) is 14.2 Å². The number of aliphatic hydroxyl groups is 3. The molecule has 10 heteroatoms. The molecule has 1 fully saturated rings. The quantitative estimate of drug-likeness (QED) is 0.356. The molecule has 38 heavy (non-hydrogen) atoms. The molecule has 0 unspecified atom stereocenters. The first kappa shape index (κ1) is 26.2. The number of hydrogen-bond acceptors (Lipinski definition) is 9. The number of para-hydroxylation sites is 2. The molecule has 0 aliphatic carbocycles. The van der Waals surface area contributed by atoms with Crippen LogP contribution < -0.4 is 4.90 Å². The molecule has 5 rings (SSSR count). The van der Waals surface area contributed by atoms with Crippen molar-refractivity contribution in [3.05, 3.63) is 65.4 Å². The van der Waals surface area contributed by atoms with Crippen molar-refractivity contribution in [3.8, 4) is 0 Å². The second-order valence-corrected chi connectivity index (χ2v) is 9.82. The van der Waals surface area contributed by atoms with E-state index in [9.17, 15) is 24.9 Å². The summed E-state index contributed by atoms with van der Waals surface area (Å²) in [5.41, 5.74) is 3.68. The molecule has 2 aromatic carbocycles. The molecule has 1 aromatic heterocycles. The summed E-state index contributed by atoms with van der Waals surface area (Å²) in [4.78, 5) is 30.5. The number of ether oxygens (including phenoxy) is 3. The highest BCUT2D eigenvalue weighted by atomic mass is 16.6. The lowest BCUT2D eigenvalue weighted by atomic mass is 9.87. The standard InChI is InChI=1S/C28H32N2O8/c1-14-25(33)26(34)27(35)28(38-14)30-20-11-7-5-9-16(20)18(13-22(32)37-3)24(30)23-17(12-21(31)36-2)15-8-4-6-10-19(15)29-23/h4-11,14,18,24-29,33-35H,12-13H2,1-3H3/t14-,18+,24+,25-,26+,27+,28-/m0/s1. The smallest absolute Gasteiger partial charge is 0.310 e. The topological polar surface area (TPSA) is 142 Å². The third-order valence-electron chi connectivity index (χ3n) is 7.70. The van der Waals surface area contributed by atoms with E-state index < -0.39 is 54.5 Å². The SMILES string of the molecule is COC(=O)Cc1c([C@H]2[C@H](CC(=O)OC)c3ccccc3N2[C@H]2O[C@@H](C)[C@H](O)[C@@H](O)[C@H]2O)[nH]c2ccccc12. The van der Waals surface area contributed by atoms with Crippen molar-refractivity contribution >= 4 is 28.5 Å². The lowest BCUT2D eigenvalue weighted by Crippen LogP contribution is -2.62. The van der Waals surface area contributed by atoms with Gasteiger partial charge in [0.1, 0.15) is 18.3 Å². The van der Waals surface area contributed by atoms with Crippen molar-refractivity contribution in [2.24, 2.45) is 0 Å². The molecular weight excluding hydrogens is 492 g/mol. The number of nitrogens with zero attached hydrogens (tertiary/aromatic N) is 1. The van der Waals surface area contributed by atoms with Crippen LogP contribution >= 0.6 is 0 Å². The summed E-state index contributed by atoms with van der Waals surface area (Å²) in [5.74, 6) is -1.29. The van der Waals surface area contributed by atoms with Gasteiger partial charge in [-0.25, -0.2) is 0 Å². The minimum Gasteiger partial charge on any atom is -0.469 e. The van der Waals surface area contributed by atoms with Gasteiger partial charge in [0.15, 0.2) is 6.23 Å².